The van der Waals surface area contributed by atoms with Crippen LogP contribution in [0.25, 0.3) is 0 Å². The lowest BCUT2D eigenvalue weighted by atomic mass is 10.2. The molecule has 0 spiro atoms. The monoisotopic (exact) mass is 266 g/mol. The van der Waals surface area contributed by atoms with Gasteiger partial charge in [0.2, 0.25) is 0 Å². The molecule has 0 saturated carbocycles. The SMILES string of the molecule is CCN(S(C)(C)C)S(C)(C)N1CCCCC1. The predicted octanol–water partition coefficient (Wildman–Crippen LogP) is 3.30. The van der Waals surface area contributed by atoms with Gasteiger partial charge in [-0.1, -0.05) is 13.3 Å². The Morgan fingerprint density at radius 3 is 1.81 bits per heavy atom. The number of piperidine rings is 1. The predicted molar refractivity (Wildman–Crippen MR) is 82.6 cm³/mol. The molecular weight excluding hydrogens is 236 g/mol. The number of hydrogen-bond acceptors (Lipinski definition) is 2. The first-order chi connectivity index (χ1) is 7.30. The second-order valence-electron chi connectivity index (χ2n) is 5.63. The van der Waals surface area contributed by atoms with Crippen molar-refractivity contribution in [1.82, 2.24) is 8.02 Å². The third kappa shape index (κ3) is 3.31. The van der Waals surface area contributed by atoms with Crippen LogP contribution in [-0.4, -0.2) is 58.9 Å². The highest BCUT2D eigenvalue weighted by atomic mass is 32.3. The lowest BCUT2D eigenvalue weighted by molar-refractivity contribution is 0.364. The fourth-order valence-electron chi connectivity index (χ4n) is 2.69. The van der Waals surface area contributed by atoms with Crippen LogP contribution < -0.4 is 0 Å². The van der Waals surface area contributed by atoms with Crippen molar-refractivity contribution in [3.63, 3.8) is 0 Å². The van der Waals surface area contributed by atoms with Gasteiger partial charge in [0.1, 0.15) is 0 Å². The van der Waals surface area contributed by atoms with Gasteiger partial charge in [-0.15, -0.1) is 10.4 Å². The van der Waals surface area contributed by atoms with Gasteiger partial charge in [0, 0.05) is 19.6 Å². The molecule has 0 unspecified atom stereocenters. The average molecular weight is 267 g/mol. The minimum atomic E-state index is -0.728. The Balaban J connectivity index is 2.80. The first-order valence-electron chi connectivity index (χ1n) is 6.24. The second-order valence-corrected chi connectivity index (χ2v) is 13.2. The molecular formula is C12H30N2S2. The van der Waals surface area contributed by atoms with E-state index in [-0.39, 0.29) is 0 Å². The van der Waals surface area contributed by atoms with Crippen LogP contribution in [0.2, 0.25) is 0 Å². The Kier molecular flexibility index (Phi) is 5.05. The molecule has 0 bridgehead atoms. The topological polar surface area (TPSA) is 6.48 Å². The van der Waals surface area contributed by atoms with Crippen LogP contribution in [0.4, 0.5) is 0 Å². The summed E-state index contributed by atoms with van der Waals surface area (Å²) in [6, 6.07) is 0. The molecule has 1 rings (SSSR count). The largest absolute Gasteiger partial charge is 0.256 e. The lowest BCUT2D eigenvalue weighted by Gasteiger charge is -2.58. The number of rotatable bonds is 4. The maximum absolute atomic E-state index is 2.78. The van der Waals surface area contributed by atoms with Crippen LogP contribution in [0.5, 0.6) is 0 Å². The fourth-order valence-corrected chi connectivity index (χ4v) is 10.2. The molecule has 1 fully saturated rings. The number of nitrogens with zero attached hydrogens (tertiary/aromatic N) is 2. The van der Waals surface area contributed by atoms with Crippen molar-refractivity contribution in [2.24, 2.45) is 0 Å². The number of hydrogen-bond donors (Lipinski definition) is 0. The maximum atomic E-state index is 2.78. The van der Waals surface area contributed by atoms with E-state index in [4.69, 9.17) is 0 Å². The average Bonchev–Trinajstić information content (AvgIpc) is 2.17. The van der Waals surface area contributed by atoms with Crippen molar-refractivity contribution in [3.8, 4) is 0 Å². The standard InChI is InChI=1S/C12H30N2S2/c1-7-14(15(2,3)4)16(5,6)13-11-9-8-10-12-13/h7-12H2,1-6H3. The molecule has 100 valence electrons. The quantitative estimate of drug-likeness (QED) is 0.770. The van der Waals surface area contributed by atoms with Crippen LogP contribution >= 0.6 is 20.6 Å². The molecule has 0 aliphatic carbocycles. The Morgan fingerprint density at radius 2 is 1.44 bits per heavy atom. The van der Waals surface area contributed by atoms with E-state index in [2.05, 4.69) is 46.2 Å². The van der Waals surface area contributed by atoms with Gasteiger partial charge >= 0.3 is 0 Å². The van der Waals surface area contributed by atoms with E-state index in [0.29, 0.717) is 0 Å². The third-order valence-corrected chi connectivity index (χ3v) is 10.1. The summed E-state index contributed by atoms with van der Waals surface area (Å²) in [6.07, 6.45) is 16.5. The first kappa shape index (κ1) is 14.7. The maximum Gasteiger partial charge on any atom is 0.0152 e. The third-order valence-electron chi connectivity index (χ3n) is 3.31. The minimum absolute atomic E-state index is 0.593. The Hall–Kier alpha value is 0.620. The molecule has 0 aromatic carbocycles. The van der Waals surface area contributed by atoms with Crippen LogP contribution in [0.3, 0.4) is 0 Å². The summed E-state index contributed by atoms with van der Waals surface area (Å²) >= 11 is 0. The molecule has 0 atom stereocenters. The van der Waals surface area contributed by atoms with Crippen molar-refractivity contribution >= 4 is 20.6 Å². The summed E-state index contributed by atoms with van der Waals surface area (Å²) in [4.78, 5) is 0. The fraction of sp³-hybridized carbons (Fsp3) is 1.00. The Morgan fingerprint density at radius 1 is 0.938 bits per heavy atom. The molecule has 1 aliphatic heterocycles. The van der Waals surface area contributed by atoms with Gasteiger partial charge in [0.25, 0.3) is 0 Å². The molecule has 0 N–H and O–H groups in total. The summed E-state index contributed by atoms with van der Waals surface area (Å²) in [7, 11) is -1.32. The van der Waals surface area contributed by atoms with Crippen LogP contribution in [-0.2, 0) is 0 Å². The molecule has 1 aliphatic rings. The van der Waals surface area contributed by atoms with Gasteiger partial charge in [0.15, 0.2) is 0 Å². The highest BCUT2D eigenvalue weighted by molar-refractivity contribution is 8.43. The summed E-state index contributed by atoms with van der Waals surface area (Å²) in [5.74, 6) is 0. The zero-order valence-electron chi connectivity index (χ0n) is 12.0. The van der Waals surface area contributed by atoms with Crippen LogP contribution in [0.15, 0.2) is 0 Å². The van der Waals surface area contributed by atoms with E-state index in [0.717, 1.165) is 0 Å². The minimum Gasteiger partial charge on any atom is -0.256 e. The van der Waals surface area contributed by atoms with Gasteiger partial charge in [-0.2, -0.15) is 10.2 Å². The molecule has 0 radical (unpaired) electrons. The van der Waals surface area contributed by atoms with Crippen LogP contribution in [0, 0.1) is 0 Å². The molecule has 16 heavy (non-hydrogen) atoms. The van der Waals surface area contributed by atoms with E-state index < -0.39 is 20.6 Å². The van der Waals surface area contributed by atoms with Gasteiger partial charge < -0.3 is 0 Å². The van der Waals surface area contributed by atoms with Crippen molar-refractivity contribution in [3.05, 3.63) is 0 Å². The van der Waals surface area contributed by atoms with Gasteiger partial charge in [-0.3, -0.25) is 4.31 Å². The smallest absolute Gasteiger partial charge is 0.0152 e. The first-order valence-corrected chi connectivity index (χ1v) is 11.4. The normalized spacial score (nSPS) is 22.4. The van der Waals surface area contributed by atoms with E-state index >= 15 is 0 Å². The molecule has 1 saturated heterocycles. The second kappa shape index (κ2) is 5.51. The van der Waals surface area contributed by atoms with Gasteiger partial charge in [0.05, 0.1) is 0 Å². The zero-order chi connectivity index (χ0) is 12.4. The Bertz CT molecular complexity index is 218. The van der Waals surface area contributed by atoms with E-state index in [1.807, 2.05) is 0 Å². The summed E-state index contributed by atoms with van der Waals surface area (Å²) in [5.41, 5.74) is 0. The summed E-state index contributed by atoms with van der Waals surface area (Å²) < 4.78 is 5.55. The van der Waals surface area contributed by atoms with Gasteiger partial charge in [-0.05, 0) is 44.1 Å². The van der Waals surface area contributed by atoms with E-state index in [9.17, 15) is 0 Å². The molecule has 0 aromatic heterocycles. The molecule has 1 heterocycles. The highest BCUT2D eigenvalue weighted by Gasteiger charge is 2.33. The Labute approximate surface area is 106 Å². The molecule has 0 amide bonds. The van der Waals surface area contributed by atoms with Gasteiger partial charge in [-0.25, -0.2) is 3.71 Å². The van der Waals surface area contributed by atoms with E-state index in [1.54, 1.807) is 0 Å². The van der Waals surface area contributed by atoms with Crippen molar-refractivity contribution in [1.29, 1.82) is 0 Å². The van der Waals surface area contributed by atoms with Crippen molar-refractivity contribution < 1.29 is 0 Å². The van der Waals surface area contributed by atoms with Crippen molar-refractivity contribution in [2.45, 2.75) is 26.2 Å². The summed E-state index contributed by atoms with van der Waals surface area (Å²) in [6.45, 7) is 6.14. The molecule has 0 aromatic rings. The molecule has 4 heteroatoms. The van der Waals surface area contributed by atoms with Crippen molar-refractivity contribution in [2.75, 3.05) is 50.9 Å². The zero-order valence-corrected chi connectivity index (χ0v) is 13.6. The van der Waals surface area contributed by atoms with Crippen LogP contribution in [0.1, 0.15) is 26.2 Å². The van der Waals surface area contributed by atoms with E-state index in [1.165, 1.54) is 38.9 Å². The summed E-state index contributed by atoms with van der Waals surface area (Å²) in [5, 5.41) is 0. The molecule has 2 nitrogen and oxygen atoms in total. The lowest BCUT2D eigenvalue weighted by Crippen LogP contribution is -2.42. The highest BCUT2D eigenvalue weighted by Crippen LogP contribution is 2.60.